The van der Waals surface area contributed by atoms with Crippen LogP contribution < -0.4 is 5.32 Å². The number of hydrogen-bond acceptors (Lipinski definition) is 2. The van der Waals surface area contributed by atoms with Crippen LogP contribution in [0.5, 0.6) is 0 Å². The van der Waals surface area contributed by atoms with Gasteiger partial charge < -0.3 is 10.1 Å². The topological polar surface area (TPSA) is 38.3 Å². The zero-order valence-corrected chi connectivity index (χ0v) is 13.9. The first kappa shape index (κ1) is 17.0. The van der Waals surface area contributed by atoms with Crippen LogP contribution in [0.1, 0.15) is 57.4 Å². The SMILES string of the molecule is CCC(CNC(=O)CC1CCCCC1)(OC)c1ccccc1. The van der Waals surface area contributed by atoms with Crippen molar-refractivity contribution < 1.29 is 9.53 Å². The van der Waals surface area contributed by atoms with Crippen molar-refractivity contribution in [1.82, 2.24) is 5.32 Å². The van der Waals surface area contributed by atoms with E-state index in [1.165, 1.54) is 32.1 Å². The van der Waals surface area contributed by atoms with E-state index in [-0.39, 0.29) is 5.91 Å². The van der Waals surface area contributed by atoms with E-state index in [9.17, 15) is 4.79 Å². The van der Waals surface area contributed by atoms with Crippen molar-refractivity contribution in [1.29, 1.82) is 0 Å². The minimum Gasteiger partial charge on any atom is -0.372 e. The van der Waals surface area contributed by atoms with Gasteiger partial charge in [0.1, 0.15) is 5.60 Å². The van der Waals surface area contributed by atoms with Crippen LogP contribution in [0.2, 0.25) is 0 Å². The van der Waals surface area contributed by atoms with E-state index in [2.05, 4.69) is 24.4 Å². The molecule has 1 aromatic carbocycles. The molecule has 1 aromatic rings. The molecule has 22 heavy (non-hydrogen) atoms. The Kier molecular flexibility index (Phi) is 6.44. The summed E-state index contributed by atoms with van der Waals surface area (Å²) in [6, 6.07) is 10.2. The highest BCUT2D eigenvalue weighted by molar-refractivity contribution is 5.76. The summed E-state index contributed by atoms with van der Waals surface area (Å²) < 4.78 is 5.80. The highest BCUT2D eigenvalue weighted by Gasteiger charge is 2.30. The van der Waals surface area contributed by atoms with Gasteiger partial charge in [-0.25, -0.2) is 0 Å². The summed E-state index contributed by atoms with van der Waals surface area (Å²) >= 11 is 0. The van der Waals surface area contributed by atoms with Crippen LogP contribution in [0.3, 0.4) is 0 Å². The molecule has 1 aliphatic carbocycles. The van der Waals surface area contributed by atoms with Gasteiger partial charge in [-0.2, -0.15) is 0 Å². The first-order valence-electron chi connectivity index (χ1n) is 8.57. The van der Waals surface area contributed by atoms with Crippen molar-refractivity contribution in [3.05, 3.63) is 35.9 Å². The second-order valence-electron chi connectivity index (χ2n) is 6.40. The highest BCUT2D eigenvalue weighted by Crippen LogP contribution is 2.29. The maximum absolute atomic E-state index is 12.3. The largest absolute Gasteiger partial charge is 0.372 e. The van der Waals surface area contributed by atoms with E-state index in [1.807, 2.05) is 18.2 Å². The number of amides is 1. The highest BCUT2D eigenvalue weighted by atomic mass is 16.5. The Hall–Kier alpha value is -1.35. The lowest BCUT2D eigenvalue weighted by atomic mass is 9.86. The van der Waals surface area contributed by atoms with E-state index < -0.39 is 5.60 Å². The van der Waals surface area contributed by atoms with Crippen LogP contribution in [0.4, 0.5) is 0 Å². The summed E-state index contributed by atoms with van der Waals surface area (Å²) in [4.78, 5) is 12.3. The molecule has 0 spiro atoms. The van der Waals surface area contributed by atoms with Crippen molar-refractivity contribution >= 4 is 5.91 Å². The summed E-state index contributed by atoms with van der Waals surface area (Å²) in [6.07, 6.45) is 7.78. The van der Waals surface area contributed by atoms with Crippen LogP contribution >= 0.6 is 0 Å². The third-order valence-electron chi connectivity index (χ3n) is 5.03. The summed E-state index contributed by atoms with van der Waals surface area (Å²) in [5, 5.41) is 3.11. The summed E-state index contributed by atoms with van der Waals surface area (Å²) in [7, 11) is 1.73. The molecule has 0 saturated heterocycles. The molecule has 1 unspecified atom stereocenters. The molecule has 0 heterocycles. The molecule has 0 bridgehead atoms. The van der Waals surface area contributed by atoms with Crippen LogP contribution in [-0.4, -0.2) is 19.6 Å². The first-order valence-corrected chi connectivity index (χ1v) is 8.57. The molecule has 0 radical (unpaired) electrons. The number of hydrogen-bond donors (Lipinski definition) is 1. The van der Waals surface area contributed by atoms with E-state index in [4.69, 9.17) is 4.74 Å². The number of carbonyl (C=O) groups excluding carboxylic acids is 1. The lowest BCUT2D eigenvalue weighted by Gasteiger charge is -2.32. The number of benzene rings is 1. The molecule has 1 atom stereocenters. The number of carbonyl (C=O) groups is 1. The molecule has 1 N–H and O–H groups in total. The van der Waals surface area contributed by atoms with E-state index in [0.29, 0.717) is 18.9 Å². The second kappa shape index (κ2) is 8.33. The predicted octanol–water partition coefficient (Wildman–Crippen LogP) is 4.02. The summed E-state index contributed by atoms with van der Waals surface area (Å²) in [6.45, 7) is 2.64. The maximum Gasteiger partial charge on any atom is 0.220 e. The lowest BCUT2D eigenvalue weighted by Crippen LogP contribution is -2.42. The van der Waals surface area contributed by atoms with E-state index in [1.54, 1.807) is 7.11 Å². The minimum absolute atomic E-state index is 0.165. The van der Waals surface area contributed by atoms with Crippen molar-refractivity contribution in [2.75, 3.05) is 13.7 Å². The maximum atomic E-state index is 12.3. The normalized spacial score (nSPS) is 18.6. The van der Waals surface area contributed by atoms with Crippen molar-refractivity contribution in [2.45, 2.75) is 57.5 Å². The standard InChI is InChI=1S/C19H29NO2/c1-3-19(22-2,17-12-8-5-9-13-17)15-20-18(21)14-16-10-6-4-7-11-16/h5,8-9,12-13,16H,3-4,6-7,10-11,14-15H2,1-2H3,(H,20,21). The fourth-order valence-electron chi connectivity index (χ4n) is 3.47. The minimum atomic E-state index is -0.427. The van der Waals surface area contributed by atoms with Gasteiger partial charge in [0, 0.05) is 13.5 Å². The lowest BCUT2D eigenvalue weighted by molar-refractivity contribution is -0.124. The van der Waals surface area contributed by atoms with Gasteiger partial charge in [0.15, 0.2) is 0 Å². The molecule has 122 valence electrons. The molecule has 1 amide bonds. The second-order valence-corrected chi connectivity index (χ2v) is 6.40. The van der Waals surface area contributed by atoms with Crippen molar-refractivity contribution in [3.63, 3.8) is 0 Å². The molecule has 0 aromatic heterocycles. The number of nitrogens with one attached hydrogen (secondary N) is 1. The van der Waals surface area contributed by atoms with Gasteiger partial charge >= 0.3 is 0 Å². The average Bonchev–Trinajstić information content (AvgIpc) is 2.58. The van der Waals surface area contributed by atoms with Gasteiger partial charge in [-0.1, -0.05) is 56.5 Å². The Morgan fingerprint density at radius 1 is 1.23 bits per heavy atom. The van der Waals surface area contributed by atoms with Gasteiger partial charge in [-0.05, 0) is 30.7 Å². The van der Waals surface area contributed by atoms with Crippen LogP contribution in [0.15, 0.2) is 30.3 Å². The Labute approximate surface area is 134 Å². The zero-order valence-electron chi connectivity index (χ0n) is 13.9. The Morgan fingerprint density at radius 2 is 1.91 bits per heavy atom. The smallest absolute Gasteiger partial charge is 0.220 e. The summed E-state index contributed by atoms with van der Waals surface area (Å²) in [5.41, 5.74) is 0.696. The molecule has 1 fully saturated rings. The fraction of sp³-hybridized carbons (Fsp3) is 0.632. The van der Waals surface area contributed by atoms with Crippen LogP contribution in [0.25, 0.3) is 0 Å². The number of ether oxygens (including phenoxy) is 1. The Balaban J connectivity index is 1.92. The summed E-state index contributed by atoms with van der Waals surface area (Å²) in [5.74, 6) is 0.738. The molecule has 0 aliphatic heterocycles. The average molecular weight is 303 g/mol. The van der Waals surface area contributed by atoms with Gasteiger partial charge in [0.2, 0.25) is 5.91 Å². The monoisotopic (exact) mass is 303 g/mol. The van der Waals surface area contributed by atoms with Crippen LogP contribution in [-0.2, 0) is 15.1 Å². The molecule has 3 heteroatoms. The molecule has 1 saturated carbocycles. The number of rotatable bonds is 7. The third kappa shape index (κ3) is 4.33. The predicted molar refractivity (Wildman–Crippen MR) is 89.6 cm³/mol. The molecule has 2 rings (SSSR count). The Bertz CT molecular complexity index is 448. The van der Waals surface area contributed by atoms with Crippen LogP contribution in [0, 0.1) is 5.92 Å². The van der Waals surface area contributed by atoms with E-state index in [0.717, 1.165) is 12.0 Å². The quantitative estimate of drug-likeness (QED) is 0.826. The molecule has 3 nitrogen and oxygen atoms in total. The van der Waals surface area contributed by atoms with Gasteiger partial charge in [0.05, 0.1) is 6.54 Å². The zero-order chi connectivity index (χ0) is 15.8. The molecule has 1 aliphatic rings. The van der Waals surface area contributed by atoms with E-state index >= 15 is 0 Å². The van der Waals surface area contributed by atoms with Crippen molar-refractivity contribution in [3.8, 4) is 0 Å². The van der Waals surface area contributed by atoms with Gasteiger partial charge in [0.25, 0.3) is 0 Å². The Morgan fingerprint density at radius 3 is 2.50 bits per heavy atom. The fourth-order valence-corrected chi connectivity index (χ4v) is 3.47. The molecular formula is C19H29NO2. The van der Waals surface area contributed by atoms with Gasteiger partial charge in [-0.15, -0.1) is 0 Å². The molecular weight excluding hydrogens is 274 g/mol. The van der Waals surface area contributed by atoms with Gasteiger partial charge in [-0.3, -0.25) is 4.79 Å². The van der Waals surface area contributed by atoms with Crippen molar-refractivity contribution in [2.24, 2.45) is 5.92 Å². The number of methoxy groups -OCH3 is 1. The third-order valence-corrected chi connectivity index (χ3v) is 5.03. The first-order chi connectivity index (χ1) is 10.7.